The van der Waals surface area contributed by atoms with Gasteiger partial charge in [0.15, 0.2) is 11.2 Å². The number of carboxylic acids is 1. The van der Waals surface area contributed by atoms with Gasteiger partial charge in [-0.05, 0) is 49.9 Å². The molecular formula is C41H54N12O12S. The van der Waals surface area contributed by atoms with Crippen LogP contribution in [0.4, 0.5) is 11.6 Å². The Hall–Kier alpha value is -6.99. The number of aliphatic hydroxyl groups excluding tert-OH is 2. The van der Waals surface area contributed by atoms with E-state index < -0.39 is 96.1 Å². The summed E-state index contributed by atoms with van der Waals surface area (Å²) in [6, 6.07) is 5.18. The number of nitrogens with two attached hydrogens (primary N) is 1. The number of aromatic nitrogens is 4. The van der Waals surface area contributed by atoms with Crippen LogP contribution in [0.3, 0.4) is 0 Å². The highest BCUT2D eigenvalue weighted by Gasteiger charge is 2.61. The average Bonchev–Trinajstić information content (AvgIpc) is 3.98. The zero-order valence-electron chi connectivity index (χ0n) is 35.7. The molecule has 1 saturated carbocycles. The summed E-state index contributed by atoms with van der Waals surface area (Å²) < 4.78 is 0. The minimum absolute atomic E-state index is 0.0448. The van der Waals surface area contributed by atoms with E-state index in [0.717, 1.165) is 0 Å². The minimum Gasteiger partial charge on any atom is -0.481 e. The molecule has 24 nitrogen and oxygen atoms in total. The number of benzene rings is 1. The van der Waals surface area contributed by atoms with Crippen molar-refractivity contribution in [1.82, 2.24) is 51.8 Å². The Morgan fingerprint density at radius 1 is 0.970 bits per heavy atom. The molecule has 4 rings (SSSR count). The SMILES string of the molecule is Nc1nc2ncc(CNc3ccc(C(=O)NCCCC(=O)NCC(=O)NC4(C(=O)NC(/C=C/CC(=O)NCCCC(C=O)[C@H](O)CO)C(=O)NCCS)CC4CC(=O)O)cc3)nc2c(=O)[nH]1. The summed E-state index contributed by atoms with van der Waals surface area (Å²) in [6.07, 6.45) is 3.33. The van der Waals surface area contributed by atoms with E-state index in [1.807, 2.05) is 0 Å². The Kier molecular flexibility index (Phi) is 19.9. The van der Waals surface area contributed by atoms with Gasteiger partial charge in [0.25, 0.3) is 11.5 Å². The van der Waals surface area contributed by atoms with Crippen LogP contribution in [-0.4, -0.2) is 139 Å². The Morgan fingerprint density at radius 2 is 1.71 bits per heavy atom. The normalized spacial score (nSPS) is 16.6. The van der Waals surface area contributed by atoms with Crippen LogP contribution in [0, 0.1) is 11.8 Å². The van der Waals surface area contributed by atoms with Gasteiger partial charge >= 0.3 is 5.97 Å². The molecule has 66 heavy (non-hydrogen) atoms. The van der Waals surface area contributed by atoms with Gasteiger partial charge in [-0.3, -0.25) is 43.3 Å². The van der Waals surface area contributed by atoms with Crippen molar-refractivity contribution in [2.75, 3.05) is 49.6 Å². The van der Waals surface area contributed by atoms with E-state index in [-0.39, 0.29) is 81.1 Å². The number of H-pyrrole nitrogens is 1. The molecule has 6 amide bonds. The molecule has 5 atom stereocenters. The average molecular weight is 939 g/mol. The number of aldehydes is 1. The van der Waals surface area contributed by atoms with Crippen molar-refractivity contribution in [2.24, 2.45) is 11.8 Å². The van der Waals surface area contributed by atoms with E-state index in [1.165, 1.54) is 18.3 Å². The molecule has 2 aromatic heterocycles. The molecule has 2 heterocycles. The monoisotopic (exact) mass is 938 g/mol. The smallest absolute Gasteiger partial charge is 0.303 e. The molecule has 1 aromatic carbocycles. The number of anilines is 2. The maximum absolute atomic E-state index is 13.7. The predicted octanol–water partition coefficient (Wildman–Crippen LogP) is -2.57. The molecule has 356 valence electrons. The molecule has 0 aliphatic heterocycles. The van der Waals surface area contributed by atoms with Gasteiger partial charge in [-0.1, -0.05) is 12.2 Å². The molecule has 0 radical (unpaired) electrons. The summed E-state index contributed by atoms with van der Waals surface area (Å²) in [7, 11) is 0. The van der Waals surface area contributed by atoms with E-state index in [4.69, 9.17) is 10.8 Å². The molecule has 3 aromatic rings. The number of carbonyl (C=O) groups excluding carboxylic acids is 7. The van der Waals surface area contributed by atoms with Crippen molar-refractivity contribution in [1.29, 1.82) is 0 Å². The van der Waals surface area contributed by atoms with Crippen LogP contribution in [0.25, 0.3) is 11.2 Å². The Morgan fingerprint density at radius 3 is 2.41 bits per heavy atom. The summed E-state index contributed by atoms with van der Waals surface area (Å²) in [5, 5.41) is 46.6. The van der Waals surface area contributed by atoms with Crippen molar-refractivity contribution in [3.63, 3.8) is 0 Å². The molecule has 25 heteroatoms. The second-order valence-corrected chi connectivity index (χ2v) is 15.7. The number of rotatable bonds is 28. The Bertz CT molecular complexity index is 2310. The quantitative estimate of drug-likeness (QED) is 0.0154. The van der Waals surface area contributed by atoms with Gasteiger partial charge in [-0.2, -0.15) is 17.6 Å². The van der Waals surface area contributed by atoms with E-state index >= 15 is 0 Å². The van der Waals surface area contributed by atoms with Crippen molar-refractivity contribution in [3.8, 4) is 0 Å². The third kappa shape index (κ3) is 15.9. The number of nitrogens with one attached hydrogen (secondary N) is 8. The molecule has 1 aliphatic rings. The number of carbonyl (C=O) groups is 8. The van der Waals surface area contributed by atoms with Crippen molar-refractivity contribution >= 4 is 83.1 Å². The Balaban J connectivity index is 1.21. The number of aliphatic carboxylic acids is 1. The predicted molar refractivity (Wildman–Crippen MR) is 239 cm³/mol. The molecular weight excluding hydrogens is 885 g/mol. The molecule has 13 N–H and O–H groups in total. The molecule has 1 fully saturated rings. The van der Waals surface area contributed by atoms with Crippen molar-refractivity contribution in [2.45, 2.75) is 69.2 Å². The number of aromatic amines is 1. The van der Waals surface area contributed by atoms with Crippen molar-refractivity contribution < 1.29 is 53.7 Å². The standard InChI is InChI=1S/C41H54N12O12S/c42-40-51-35-34(38(64)52-40)49-27(19-48-35)18-46-26-10-8-23(9-11-26)36(62)44-13-3-7-31(58)47-20-32(59)53-41(17-25(41)16-33(60)61)39(65)50-28(37(63)45-14-15-66)5-1-6-30(57)43-12-2-4-24(21-54)29(56)22-55/h1,5,8-11,19,21,24-25,28-29,46,55-56,66H,2-4,6-7,12-18,20,22H2,(H,43,57)(H,44,62)(H,45,63)(H,47,58)(H,50,65)(H,53,59)(H,60,61)(H3,42,48,51,52,64)/b5-1+/t24?,25?,28?,29-,41?/m1/s1. The largest absolute Gasteiger partial charge is 0.481 e. The first-order valence-electron chi connectivity index (χ1n) is 20.9. The highest BCUT2D eigenvalue weighted by Crippen LogP contribution is 2.46. The van der Waals surface area contributed by atoms with Gasteiger partial charge in [0.1, 0.15) is 17.9 Å². The second kappa shape index (κ2) is 25.5. The van der Waals surface area contributed by atoms with Crippen LogP contribution >= 0.6 is 12.6 Å². The van der Waals surface area contributed by atoms with Crippen LogP contribution < -0.4 is 48.5 Å². The lowest BCUT2D eigenvalue weighted by Gasteiger charge is -2.22. The van der Waals surface area contributed by atoms with Crippen molar-refractivity contribution in [3.05, 3.63) is 64.2 Å². The van der Waals surface area contributed by atoms with Gasteiger partial charge in [0, 0.05) is 61.3 Å². The molecule has 0 saturated heterocycles. The topological polar surface area (TPSA) is 379 Å². The fourth-order valence-electron chi connectivity index (χ4n) is 6.57. The third-order valence-electron chi connectivity index (χ3n) is 10.2. The number of carboxylic acid groups (broad SMARTS) is 1. The van der Waals surface area contributed by atoms with E-state index in [2.05, 4.69) is 69.8 Å². The second-order valence-electron chi connectivity index (χ2n) is 15.2. The summed E-state index contributed by atoms with van der Waals surface area (Å²) in [6.45, 7) is -0.493. The number of aliphatic hydroxyl groups is 2. The molecule has 4 unspecified atom stereocenters. The fourth-order valence-corrected chi connectivity index (χ4v) is 6.68. The lowest BCUT2D eigenvalue weighted by molar-refractivity contribution is -0.138. The van der Waals surface area contributed by atoms with Crippen LogP contribution in [-0.2, 0) is 40.1 Å². The Labute approximate surface area is 382 Å². The minimum atomic E-state index is -1.71. The number of hydrogen-bond acceptors (Lipinski definition) is 17. The number of hydrogen-bond donors (Lipinski definition) is 13. The zero-order valence-corrected chi connectivity index (χ0v) is 36.6. The zero-order chi connectivity index (χ0) is 48.2. The van der Waals surface area contributed by atoms with Crippen LogP contribution in [0.15, 0.2) is 47.4 Å². The van der Waals surface area contributed by atoms with E-state index in [0.29, 0.717) is 29.7 Å². The summed E-state index contributed by atoms with van der Waals surface area (Å²) in [5.74, 6) is -6.36. The van der Waals surface area contributed by atoms with E-state index in [9.17, 15) is 53.4 Å². The number of amides is 6. The summed E-state index contributed by atoms with van der Waals surface area (Å²) in [5.41, 5.74) is 4.95. The molecule has 0 bridgehead atoms. The van der Waals surface area contributed by atoms with Gasteiger partial charge < -0.3 is 63.1 Å². The first-order chi connectivity index (χ1) is 31.6. The van der Waals surface area contributed by atoms with Gasteiger partial charge in [0.05, 0.1) is 44.1 Å². The molecule has 1 aliphatic carbocycles. The lowest BCUT2D eigenvalue weighted by Crippen LogP contribution is -2.57. The first-order valence-corrected chi connectivity index (χ1v) is 21.5. The van der Waals surface area contributed by atoms with Gasteiger partial charge in [0.2, 0.25) is 35.5 Å². The first kappa shape index (κ1) is 51.6. The maximum Gasteiger partial charge on any atom is 0.303 e. The number of nitrogens with zero attached hydrogens (tertiary/aromatic N) is 3. The number of thiol groups is 1. The van der Waals surface area contributed by atoms with Crippen LogP contribution in [0.1, 0.15) is 61.0 Å². The van der Waals surface area contributed by atoms with Crippen LogP contribution in [0.5, 0.6) is 0 Å². The van der Waals surface area contributed by atoms with Gasteiger partial charge in [-0.25, -0.2) is 9.97 Å². The summed E-state index contributed by atoms with van der Waals surface area (Å²) >= 11 is 4.07. The maximum atomic E-state index is 13.7. The summed E-state index contributed by atoms with van der Waals surface area (Å²) in [4.78, 5) is 127. The van der Waals surface area contributed by atoms with Gasteiger partial charge in [-0.15, -0.1) is 0 Å². The number of nitrogen functional groups attached to an aromatic ring is 1. The van der Waals surface area contributed by atoms with Crippen LogP contribution in [0.2, 0.25) is 0 Å². The van der Waals surface area contributed by atoms with E-state index in [1.54, 1.807) is 24.3 Å². The number of fused-ring (bicyclic) bond motifs is 1. The lowest BCUT2D eigenvalue weighted by atomic mass is 9.99. The third-order valence-corrected chi connectivity index (χ3v) is 10.4. The highest BCUT2D eigenvalue weighted by atomic mass is 32.1. The molecule has 0 spiro atoms. The fraction of sp³-hybridized carbons (Fsp3) is 0.463. The highest BCUT2D eigenvalue weighted by molar-refractivity contribution is 7.80.